The molecule has 4 aromatic rings. The van der Waals surface area contributed by atoms with Crippen molar-refractivity contribution < 1.29 is 14.1 Å². The molecule has 1 aliphatic rings. The Bertz CT molecular complexity index is 1360. The monoisotopic (exact) mass is 477 g/mol. The van der Waals surface area contributed by atoms with Gasteiger partial charge in [0.15, 0.2) is 5.76 Å². The molecule has 1 unspecified atom stereocenters. The summed E-state index contributed by atoms with van der Waals surface area (Å²) in [4.78, 5) is 24.8. The third-order valence-corrected chi connectivity index (χ3v) is 6.07. The number of amides is 2. The summed E-state index contributed by atoms with van der Waals surface area (Å²) in [5, 5.41) is 10.8. The van der Waals surface area contributed by atoms with Crippen molar-refractivity contribution in [2.24, 2.45) is 0 Å². The molecule has 6 nitrogen and oxygen atoms in total. The van der Waals surface area contributed by atoms with Gasteiger partial charge in [0.05, 0.1) is 22.5 Å². The summed E-state index contributed by atoms with van der Waals surface area (Å²) in [5.41, 5.74) is 3.89. The standard InChI is InChI=1S/C25H17Cl2N3O3/c26-18-9-4-10-19(27)24(18)21-12-22(33-30-21)14-5-3-6-15(11-14)28-23(31)13-20-16-7-1-2-8-17(16)25(32)29-20/h1-12,20H,13H2,(H,28,31)(H,29,32). The van der Waals surface area contributed by atoms with Crippen molar-refractivity contribution in [3.63, 3.8) is 0 Å². The fourth-order valence-corrected chi connectivity index (χ4v) is 4.49. The predicted molar refractivity (Wildman–Crippen MR) is 127 cm³/mol. The minimum absolute atomic E-state index is 0.129. The van der Waals surface area contributed by atoms with Crippen molar-refractivity contribution in [1.82, 2.24) is 10.5 Å². The molecule has 33 heavy (non-hydrogen) atoms. The maximum absolute atomic E-state index is 12.7. The van der Waals surface area contributed by atoms with Gasteiger partial charge in [0.2, 0.25) is 5.91 Å². The molecule has 8 heteroatoms. The molecule has 1 atom stereocenters. The molecule has 2 amide bonds. The zero-order chi connectivity index (χ0) is 22.9. The first-order valence-electron chi connectivity index (χ1n) is 10.2. The van der Waals surface area contributed by atoms with Crippen molar-refractivity contribution in [1.29, 1.82) is 0 Å². The van der Waals surface area contributed by atoms with E-state index < -0.39 is 0 Å². The van der Waals surface area contributed by atoms with Crippen LogP contribution in [0.4, 0.5) is 5.69 Å². The van der Waals surface area contributed by atoms with Crippen molar-refractivity contribution in [2.45, 2.75) is 12.5 Å². The van der Waals surface area contributed by atoms with Gasteiger partial charge in [0, 0.05) is 28.4 Å². The van der Waals surface area contributed by atoms with Crippen LogP contribution < -0.4 is 10.6 Å². The molecule has 2 N–H and O–H groups in total. The molecule has 0 bridgehead atoms. The number of hydrogen-bond donors (Lipinski definition) is 2. The first kappa shape index (κ1) is 21.2. The second-order valence-electron chi connectivity index (χ2n) is 7.62. The van der Waals surface area contributed by atoms with E-state index in [2.05, 4.69) is 15.8 Å². The van der Waals surface area contributed by atoms with E-state index in [1.54, 1.807) is 48.5 Å². The Hall–Kier alpha value is -3.61. The van der Waals surface area contributed by atoms with Gasteiger partial charge in [-0.3, -0.25) is 9.59 Å². The van der Waals surface area contributed by atoms with Crippen LogP contribution in [0.3, 0.4) is 0 Å². The summed E-state index contributed by atoms with van der Waals surface area (Å²) in [7, 11) is 0. The number of fused-ring (bicyclic) bond motifs is 1. The topological polar surface area (TPSA) is 84.2 Å². The minimum Gasteiger partial charge on any atom is -0.356 e. The number of benzene rings is 3. The Morgan fingerprint density at radius 3 is 2.58 bits per heavy atom. The number of halogens is 2. The lowest BCUT2D eigenvalue weighted by atomic mass is 10.0. The summed E-state index contributed by atoms with van der Waals surface area (Å²) < 4.78 is 5.51. The number of carbonyl (C=O) groups excluding carboxylic acids is 2. The number of hydrogen-bond acceptors (Lipinski definition) is 4. The zero-order valence-electron chi connectivity index (χ0n) is 17.1. The normalized spacial score (nSPS) is 14.6. The van der Waals surface area contributed by atoms with E-state index in [1.165, 1.54) is 0 Å². The van der Waals surface area contributed by atoms with Crippen LogP contribution in [0.2, 0.25) is 10.0 Å². The Morgan fingerprint density at radius 2 is 1.76 bits per heavy atom. The van der Waals surface area contributed by atoms with Crippen molar-refractivity contribution in [3.8, 4) is 22.6 Å². The van der Waals surface area contributed by atoms with Gasteiger partial charge in [-0.2, -0.15) is 0 Å². The van der Waals surface area contributed by atoms with Crippen LogP contribution in [-0.4, -0.2) is 17.0 Å². The Labute approximate surface area is 199 Å². The van der Waals surface area contributed by atoms with Crippen LogP contribution in [0.5, 0.6) is 0 Å². The third kappa shape index (κ3) is 4.23. The lowest BCUT2D eigenvalue weighted by Crippen LogP contribution is -2.24. The molecule has 0 aliphatic carbocycles. The fourth-order valence-electron chi connectivity index (χ4n) is 3.90. The Morgan fingerprint density at radius 1 is 1.00 bits per heavy atom. The number of anilines is 1. The molecule has 1 aromatic heterocycles. The molecule has 5 rings (SSSR count). The second kappa shape index (κ2) is 8.73. The van der Waals surface area contributed by atoms with Crippen LogP contribution in [0.15, 0.2) is 77.3 Å². The number of aromatic nitrogens is 1. The lowest BCUT2D eigenvalue weighted by Gasteiger charge is -2.12. The van der Waals surface area contributed by atoms with E-state index in [-0.39, 0.29) is 24.3 Å². The Balaban J connectivity index is 1.32. The van der Waals surface area contributed by atoms with Gasteiger partial charge in [-0.15, -0.1) is 0 Å². The van der Waals surface area contributed by atoms with Crippen LogP contribution in [0.25, 0.3) is 22.6 Å². The van der Waals surface area contributed by atoms with Crippen molar-refractivity contribution in [2.75, 3.05) is 5.32 Å². The highest BCUT2D eigenvalue weighted by molar-refractivity contribution is 6.39. The molecule has 0 saturated heterocycles. The maximum Gasteiger partial charge on any atom is 0.252 e. The van der Waals surface area contributed by atoms with Gasteiger partial charge in [-0.1, -0.05) is 64.8 Å². The lowest BCUT2D eigenvalue weighted by molar-refractivity contribution is -0.116. The van der Waals surface area contributed by atoms with Crippen LogP contribution >= 0.6 is 23.2 Å². The molecule has 0 spiro atoms. The van der Waals surface area contributed by atoms with E-state index in [0.29, 0.717) is 38.3 Å². The summed E-state index contributed by atoms with van der Waals surface area (Å²) >= 11 is 12.5. The SMILES string of the molecule is O=C(CC1NC(=O)c2ccccc21)Nc1cccc(-c2cc(-c3c(Cl)cccc3Cl)no2)c1. The molecule has 164 valence electrons. The van der Waals surface area contributed by atoms with Gasteiger partial charge >= 0.3 is 0 Å². The highest BCUT2D eigenvalue weighted by Gasteiger charge is 2.29. The van der Waals surface area contributed by atoms with E-state index in [9.17, 15) is 9.59 Å². The largest absolute Gasteiger partial charge is 0.356 e. The van der Waals surface area contributed by atoms with Crippen LogP contribution in [-0.2, 0) is 4.79 Å². The number of nitrogens with zero attached hydrogens (tertiary/aromatic N) is 1. The molecule has 1 aliphatic heterocycles. The molecular weight excluding hydrogens is 461 g/mol. The second-order valence-corrected chi connectivity index (χ2v) is 8.43. The summed E-state index contributed by atoms with van der Waals surface area (Å²) in [6, 6.07) is 21.1. The molecule has 2 heterocycles. The zero-order valence-corrected chi connectivity index (χ0v) is 18.7. The van der Waals surface area contributed by atoms with Crippen molar-refractivity contribution in [3.05, 3.63) is 94.0 Å². The fraction of sp³-hybridized carbons (Fsp3) is 0.0800. The number of rotatable bonds is 5. The highest BCUT2D eigenvalue weighted by Crippen LogP contribution is 2.36. The quantitative estimate of drug-likeness (QED) is 0.362. The molecular formula is C25H17Cl2N3O3. The maximum atomic E-state index is 12.7. The van der Waals surface area contributed by atoms with E-state index >= 15 is 0 Å². The predicted octanol–water partition coefficient (Wildman–Crippen LogP) is 6.13. The summed E-state index contributed by atoms with van der Waals surface area (Å²) in [6.45, 7) is 0. The van der Waals surface area contributed by atoms with Gasteiger partial charge in [0.1, 0.15) is 5.69 Å². The number of carbonyl (C=O) groups is 2. The van der Waals surface area contributed by atoms with E-state index in [4.69, 9.17) is 27.7 Å². The molecule has 3 aromatic carbocycles. The van der Waals surface area contributed by atoms with Crippen LogP contribution in [0.1, 0.15) is 28.4 Å². The minimum atomic E-state index is -0.353. The van der Waals surface area contributed by atoms with Crippen molar-refractivity contribution >= 4 is 40.7 Å². The molecule has 0 saturated carbocycles. The van der Waals surface area contributed by atoms with Gasteiger partial charge < -0.3 is 15.2 Å². The molecule has 0 fully saturated rings. The third-order valence-electron chi connectivity index (χ3n) is 5.44. The number of nitrogens with one attached hydrogen (secondary N) is 2. The smallest absolute Gasteiger partial charge is 0.252 e. The van der Waals surface area contributed by atoms with Crippen LogP contribution in [0, 0.1) is 0 Å². The van der Waals surface area contributed by atoms with E-state index in [1.807, 2.05) is 24.3 Å². The average Bonchev–Trinajstić information content (AvgIpc) is 3.40. The summed E-state index contributed by atoms with van der Waals surface area (Å²) in [6.07, 6.45) is 0.129. The highest BCUT2D eigenvalue weighted by atomic mass is 35.5. The van der Waals surface area contributed by atoms with Gasteiger partial charge in [-0.05, 0) is 35.9 Å². The first-order valence-corrected chi connectivity index (χ1v) is 11.0. The Kier molecular flexibility index (Phi) is 5.62. The molecule has 0 radical (unpaired) electrons. The average molecular weight is 478 g/mol. The first-order chi connectivity index (χ1) is 16.0. The summed E-state index contributed by atoms with van der Waals surface area (Å²) in [5.74, 6) is 0.134. The van der Waals surface area contributed by atoms with E-state index in [0.717, 1.165) is 11.1 Å². The van der Waals surface area contributed by atoms with Gasteiger partial charge in [0.25, 0.3) is 5.91 Å². The van der Waals surface area contributed by atoms with Gasteiger partial charge in [-0.25, -0.2) is 0 Å².